The van der Waals surface area contributed by atoms with Crippen molar-refractivity contribution in [2.75, 3.05) is 6.61 Å². The van der Waals surface area contributed by atoms with E-state index in [1.807, 2.05) is 0 Å². The summed E-state index contributed by atoms with van der Waals surface area (Å²) in [6, 6.07) is 10.2. The summed E-state index contributed by atoms with van der Waals surface area (Å²) in [5.41, 5.74) is 2.52. The molecular weight excluding hydrogens is 418 g/mol. The molecule has 1 aliphatic rings. The Balaban J connectivity index is 1.80. The molecule has 1 aromatic heterocycles. The van der Waals surface area contributed by atoms with Crippen molar-refractivity contribution in [1.29, 1.82) is 0 Å². The first-order valence-electron chi connectivity index (χ1n) is 9.84. The molecule has 162 valence electrons. The van der Waals surface area contributed by atoms with Crippen molar-refractivity contribution in [3.05, 3.63) is 87.8 Å². The van der Waals surface area contributed by atoms with Gasteiger partial charge < -0.3 is 14.6 Å². The molecule has 8 heteroatoms. The van der Waals surface area contributed by atoms with Gasteiger partial charge in [-0.15, -0.1) is 0 Å². The van der Waals surface area contributed by atoms with Crippen LogP contribution in [0.5, 0.6) is 5.88 Å². The molecule has 4 rings (SSSR count). The van der Waals surface area contributed by atoms with Crippen LogP contribution in [0.2, 0.25) is 0 Å². The van der Waals surface area contributed by atoms with E-state index in [2.05, 4.69) is 9.83 Å². The first-order valence-corrected chi connectivity index (χ1v) is 9.84. The van der Waals surface area contributed by atoms with Crippen molar-refractivity contribution in [3.8, 4) is 17.1 Å². The van der Waals surface area contributed by atoms with Gasteiger partial charge in [-0.05, 0) is 46.9 Å². The predicted octanol–water partition coefficient (Wildman–Crippen LogP) is 4.86. The van der Waals surface area contributed by atoms with Gasteiger partial charge >= 0.3 is 5.97 Å². The largest absolute Gasteiger partial charge is 0.481 e. The molecule has 0 spiro atoms. The average molecular weight is 436 g/mol. The number of pyridine rings is 1. The molecule has 0 unspecified atom stereocenters. The second kappa shape index (κ2) is 9.12. The van der Waals surface area contributed by atoms with E-state index in [9.17, 15) is 18.7 Å². The van der Waals surface area contributed by atoms with Crippen LogP contribution >= 0.6 is 0 Å². The Morgan fingerprint density at radius 1 is 1.06 bits per heavy atom. The number of benzene rings is 2. The van der Waals surface area contributed by atoms with Gasteiger partial charge in [-0.1, -0.05) is 18.2 Å². The van der Waals surface area contributed by atoms with Crippen molar-refractivity contribution in [2.24, 2.45) is 0 Å². The highest BCUT2D eigenvalue weighted by molar-refractivity contribution is 5.72. The maximum Gasteiger partial charge on any atom is 0.307 e. The van der Waals surface area contributed by atoms with Gasteiger partial charge in [-0.25, -0.2) is 18.6 Å². The third-order valence-electron chi connectivity index (χ3n) is 5.17. The van der Waals surface area contributed by atoms with Gasteiger partial charge in [-0.3, -0.25) is 4.79 Å². The zero-order valence-corrected chi connectivity index (χ0v) is 16.9. The Morgan fingerprint density at radius 3 is 2.69 bits per heavy atom. The molecule has 1 aliphatic heterocycles. The number of fused-ring (bicyclic) bond motifs is 6. The third kappa shape index (κ3) is 4.58. The van der Waals surface area contributed by atoms with Crippen LogP contribution in [0.3, 0.4) is 0 Å². The van der Waals surface area contributed by atoms with Gasteiger partial charge in [0.1, 0.15) is 23.9 Å². The van der Waals surface area contributed by atoms with Crippen molar-refractivity contribution in [2.45, 2.75) is 26.1 Å². The van der Waals surface area contributed by atoms with Crippen LogP contribution in [-0.2, 0) is 35.6 Å². The Bertz CT molecular complexity index is 1240. The predicted molar refractivity (Wildman–Crippen MR) is 111 cm³/mol. The van der Waals surface area contributed by atoms with Gasteiger partial charge in [0.05, 0.1) is 26.2 Å². The molecule has 3 aromatic rings. The van der Waals surface area contributed by atoms with Crippen LogP contribution in [0.4, 0.5) is 14.5 Å². The second-order valence-corrected chi connectivity index (χ2v) is 7.31. The molecule has 0 radical (unpaired) electrons. The second-order valence-electron chi connectivity index (χ2n) is 7.31. The molecule has 0 amide bonds. The van der Waals surface area contributed by atoms with Crippen LogP contribution < -0.4 is 4.74 Å². The zero-order chi connectivity index (χ0) is 22.7. The quantitative estimate of drug-likeness (QED) is 0.581. The van der Waals surface area contributed by atoms with E-state index in [0.29, 0.717) is 17.7 Å². The molecule has 2 aromatic carbocycles. The first kappa shape index (κ1) is 21.4. The number of hydrogen-bond donors (Lipinski definition) is 1. The third-order valence-corrected chi connectivity index (χ3v) is 5.17. The van der Waals surface area contributed by atoms with E-state index < -0.39 is 24.0 Å². The Kier molecular flexibility index (Phi) is 6.10. The van der Waals surface area contributed by atoms with Crippen molar-refractivity contribution in [1.82, 2.24) is 4.98 Å². The normalized spacial score (nSPS) is 13.3. The smallest absolute Gasteiger partial charge is 0.307 e. The number of carboxylic acid groups (broad SMARTS) is 1. The van der Waals surface area contributed by atoms with Gasteiger partial charge in [0.2, 0.25) is 5.88 Å². The molecule has 0 aliphatic carbocycles. The zero-order valence-electron chi connectivity index (χ0n) is 16.9. The van der Waals surface area contributed by atoms with Crippen LogP contribution in [-0.4, -0.2) is 22.7 Å². The average Bonchev–Trinajstić information content (AvgIpc) is 2.77. The lowest BCUT2D eigenvalue weighted by atomic mass is 9.99. The van der Waals surface area contributed by atoms with Crippen molar-refractivity contribution >= 4 is 11.7 Å². The number of halogens is 2. The molecular formula is C24H18F2N2O4. The highest BCUT2D eigenvalue weighted by Gasteiger charge is 2.19. The summed E-state index contributed by atoms with van der Waals surface area (Å²) in [5, 5.41) is 9.18. The van der Waals surface area contributed by atoms with E-state index in [0.717, 1.165) is 23.3 Å². The number of rotatable bonds is 2. The Hall–Kier alpha value is -3.83. The number of carbonyl (C=O) groups is 1. The number of nitrogens with zero attached hydrogens (tertiary/aromatic N) is 2. The number of carboxylic acids is 1. The summed E-state index contributed by atoms with van der Waals surface area (Å²) in [7, 11) is 0. The minimum Gasteiger partial charge on any atom is -0.481 e. The fourth-order valence-corrected chi connectivity index (χ4v) is 3.57. The number of ether oxygens (including phenoxy) is 2. The number of aromatic nitrogens is 1. The lowest BCUT2D eigenvalue weighted by Crippen LogP contribution is -2.10. The highest BCUT2D eigenvalue weighted by Crippen LogP contribution is 2.30. The van der Waals surface area contributed by atoms with E-state index in [-0.39, 0.29) is 42.5 Å². The Labute approximate surface area is 182 Å². The van der Waals surface area contributed by atoms with Gasteiger partial charge in [0.25, 0.3) is 0 Å². The molecule has 4 bridgehead atoms. The lowest BCUT2D eigenvalue weighted by molar-refractivity contribution is -0.136. The van der Waals surface area contributed by atoms with Crippen molar-refractivity contribution in [3.63, 3.8) is 0 Å². The van der Waals surface area contributed by atoms with Gasteiger partial charge in [0, 0.05) is 11.6 Å². The van der Waals surface area contributed by atoms with Gasteiger partial charge in [-0.2, -0.15) is 0 Å². The van der Waals surface area contributed by atoms with E-state index in [4.69, 9.17) is 16.0 Å². The van der Waals surface area contributed by atoms with E-state index in [1.165, 1.54) is 12.1 Å². The number of hydrogen-bond acceptors (Lipinski definition) is 4. The molecule has 32 heavy (non-hydrogen) atoms. The molecule has 1 N–H and O–H groups in total. The van der Waals surface area contributed by atoms with Crippen LogP contribution in [0, 0.1) is 18.2 Å². The molecule has 0 saturated carbocycles. The summed E-state index contributed by atoms with van der Waals surface area (Å²) in [4.78, 5) is 18.8. The lowest BCUT2D eigenvalue weighted by Gasteiger charge is -2.16. The van der Waals surface area contributed by atoms with E-state index >= 15 is 0 Å². The fourth-order valence-electron chi connectivity index (χ4n) is 3.57. The fraction of sp³-hybridized carbons (Fsp3) is 0.208. The number of aliphatic carboxylic acids is 1. The molecule has 0 fully saturated rings. The maximum atomic E-state index is 14.8. The summed E-state index contributed by atoms with van der Waals surface area (Å²) in [5.74, 6) is -2.51. The minimum atomic E-state index is -1.12. The van der Waals surface area contributed by atoms with Gasteiger partial charge in [0.15, 0.2) is 5.69 Å². The topological polar surface area (TPSA) is 73.0 Å². The standard InChI is InChI=1S/C24H18F2N2O4/c1-27-18-3-2-15-13-32-22-5-4-20(25)24(28-22)19-9-17(12-31-7-6-14(15)8-18)16(10-21(19)26)11-23(29)30/h2-5,8-10H,6-7,11-13H2,(H,29,30). The van der Waals surface area contributed by atoms with E-state index in [1.54, 1.807) is 18.2 Å². The Morgan fingerprint density at radius 2 is 1.91 bits per heavy atom. The molecule has 2 heterocycles. The molecule has 0 saturated heterocycles. The summed E-state index contributed by atoms with van der Waals surface area (Å²) >= 11 is 0. The summed E-state index contributed by atoms with van der Waals surface area (Å²) in [6.07, 6.45) is 0.0959. The SMILES string of the molecule is [C-]#[N+]c1ccc2c(c1)CCOCc1cc(c(F)cc1CC(=O)O)-c1nc(ccc1F)OC2. The van der Waals surface area contributed by atoms with Crippen molar-refractivity contribution < 1.29 is 28.2 Å². The maximum absolute atomic E-state index is 14.8. The highest BCUT2D eigenvalue weighted by atomic mass is 19.1. The summed E-state index contributed by atoms with van der Waals surface area (Å²) in [6.45, 7) is 7.67. The van der Waals surface area contributed by atoms with Crippen LogP contribution in [0.1, 0.15) is 22.3 Å². The van der Waals surface area contributed by atoms with Crippen LogP contribution in [0.25, 0.3) is 16.1 Å². The molecule has 0 atom stereocenters. The molecule has 6 nitrogen and oxygen atoms in total. The summed E-state index contributed by atoms with van der Waals surface area (Å²) < 4.78 is 40.9. The monoisotopic (exact) mass is 436 g/mol. The minimum absolute atomic E-state index is 0.0194. The van der Waals surface area contributed by atoms with Crippen LogP contribution in [0.15, 0.2) is 42.5 Å². The first-order chi connectivity index (χ1) is 15.4.